The van der Waals surface area contributed by atoms with E-state index in [9.17, 15) is 4.79 Å². The topological polar surface area (TPSA) is 29.5 Å². The molecular formula is C19H23NO2. The van der Waals surface area contributed by atoms with Crippen LogP contribution in [0.4, 0.5) is 5.69 Å². The van der Waals surface area contributed by atoms with Crippen molar-refractivity contribution in [1.82, 2.24) is 0 Å². The molecule has 2 aromatic carbocycles. The van der Waals surface area contributed by atoms with E-state index in [0.29, 0.717) is 12.5 Å². The lowest BCUT2D eigenvalue weighted by Crippen LogP contribution is -2.27. The van der Waals surface area contributed by atoms with Gasteiger partial charge in [-0.1, -0.05) is 50.2 Å². The highest BCUT2D eigenvalue weighted by Gasteiger charge is 2.15. The molecule has 2 aromatic rings. The van der Waals surface area contributed by atoms with E-state index in [4.69, 9.17) is 4.74 Å². The maximum absolute atomic E-state index is 12.1. The van der Waals surface area contributed by atoms with Crippen molar-refractivity contribution in [3.63, 3.8) is 0 Å². The Morgan fingerprint density at radius 1 is 1.14 bits per heavy atom. The van der Waals surface area contributed by atoms with Gasteiger partial charge in [-0.3, -0.25) is 4.79 Å². The third kappa shape index (κ3) is 3.67. The van der Waals surface area contributed by atoms with Crippen molar-refractivity contribution in [1.29, 1.82) is 0 Å². The van der Waals surface area contributed by atoms with Gasteiger partial charge in [0.2, 0.25) is 5.91 Å². The molecule has 0 aromatic heterocycles. The SMILES string of the molecule is COc1cc(N(Cc2ccccc2)C(C)=O)ccc1C(C)C. The summed E-state index contributed by atoms with van der Waals surface area (Å²) in [6.07, 6.45) is 0. The summed E-state index contributed by atoms with van der Waals surface area (Å²) >= 11 is 0. The zero-order valence-electron chi connectivity index (χ0n) is 13.7. The van der Waals surface area contributed by atoms with Crippen molar-refractivity contribution in [3.8, 4) is 5.75 Å². The summed E-state index contributed by atoms with van der Waals surface area (Å²) in [6, 6.07) is 16.0. The Bertz CT molecular complexity index is 635. The van der Waals surface area contributed by atoms with Crippen LogP contribution in [0.2, 0.25) is 0 Å². The predicted octanol–water partition coefficient (Wildman–Crippen LogP) is 4.37. The molecule has 22 heavy (non-hydrogen) atoms. The van der Waals surface area contributed by atoms with Crippen LogP contribution in [0.1, 0.15) is 37.8 Å². The Balaban J connectivity index is 2.35. The van der Waals surface area contributed by atoms with Gasteiger partial charge in [0, 0.05) is 18.7 Å². The minimum atomic E-state index is 0.0169. The second-order valence-electron chi connectivity index (χ2n) is 5.67. The van der Waals surface area contributed by atoms with E-state index in [2.05, 4.69) is 13.8 Å². The third-order valence-electron chi connectivity index (χ3n) is 3.71. The van der Waals surface area contributed by atoms with Crippen LogP contribution in [0, 0.1) is 0 Å². The fourth-order valence-electron chi connectivity index (χ4n) is 2.50. The van der Waals surface area contributed by atoms with Crippen molar-refractivity contribution in [2.45, 2.75) is 33.2 Å². The molecule has 2 rings (SSSR count). The molecule has 0 N–H and O–H groups in total. The first kappa shape index (κ1) is 16.1. The highest BCUT2D eigenvalue weighted by Crippen LogP contribution is 2.31. The van der Waals surface area contributed by atoms with E-state index in [1.54, 1.807) is 18.9 Å². The summed E-state index contributed by atoms with van der Waals surface area (Å²) in [6.45, 7) is 6.40. The molecule has 0 bridgehead atoms. The summed E-state index contributed by atoms with van der Waals surface area (Å²) in [4.78, 5) is 13.8. The Morgan fingerprint density at radius 2 is 1.82 bits per heavy atom. The monoisotopic (exact) mass is 297 g/mol. The van der Waals surface area contributed by atoms with E-state index in [-0.39, 0.29) is 5.91 Å². The molecule has 1 amide bonds. The fourth-order valence-corrected chi connectivity index (χ4v) is 2.50. The maximum Gasteiger partial charge on any atom is 0.224 e. The highest BCUT2D eigenvalue weighted by molar-refractivity contribution is 5.91. The molecule has 3 nitrogen and oxygen atoms in total. The van der Waals surface area contributed by atoms with Crippen LogP contribution in [-0.4, -0.2) is 13.0 Å². The van der Waals surface area contributed by atoms with Crippen molar-refractivity contribution in [3.05, 3.63) is 59.7 Å². The largest absolute Gasteiger partial charge is 0.496 e. The first-order valence-electron chi connectivity index (χ1n) is 7.53. The Labute approximate surface area is 132 Å². The van der Waals surface area contributed by atoms with Gasteiger partial charge in [-0.2, -0.15) is 0 Å². The van der Waals surface area contributed by atoms with Gasteiger partial charge >= 0.3 is 0 Å². The summed E-state index contributed by atoms with van der Waals surface area (Å²) in [5.41, 5.74) is 3.11. The van der Waals surface area contributed by atoms with Gasteiger partial charge in [0.1, 0.15) is 5.75 Å². The zero-order chi connectivity index (χ0) is 16.1. The van der Waals surface area contributed by atoms with E-state index in [0.717, 1.165) is 22.6 Å². The predicted molar refractivity (Wildman–Crippen MR) is 90.4 cm³/mol. The summed E-state index contributed by atoms with van der Waals surface area (Å²) < 4.78 is 5.49. The minimum absolute atomic E-state index is 0.0169. The summed E-state index contributed by atoms with van der Waals surface area (Å²) in [7, 11) is 1.67. The standard InChI is InChI=1S/C19H23NO2/c1-14(2)18-11-10-17(12-19(18)22-4)20(15(3)21)13-16-8-6-5-7-9-16/h5-12,14H,13H2,1-4H3. The number of rotatable bonds is 5. The quantitative estimate of drug-likeness (QED) is 0.820. The number of methoxy groups -OCH3 is 1. The van der Waals surface area contributed by atoms with Crippen LogP contribution in [0.25, 0.3) is 0 Å². The van der Waals surface area contributed by atoms with Gasteiger partial charge < -0.3 is 9.64 Å². The molecule has 0 radical (unpaired) electrons. The normalized spacial score (nSPS) is 10.6. The van der Waals surface area contributed by atoms with Gasteiger partial charge in [-0.15, -0.1) is 0 Å². The maximum atomic E-state index is 12.1. The second kappa shape index (κ2) is 7.12. The number of hydrogen-bond donors (Lipinski definition) is 0. The number of nitrogens with zero attached hydrogens (tertiary/aromatic N) is 1. The number of anilines is 1. The molecule has 0 aliphatic rings. The number of ether oxygens (including phenoxy) is 1. The highest BCUT2D eigenvalue weighted by atomic mass is 16.5. The number of carbonyl (C=O) groups is 1. The Hall–Kier alpha value is -2.29. The molecule has 0 heterocycles. The van der Waals surface area contributed by atoms with Gasteiger partial charge in [-0.05, 0) is 23.1 Å². The van der Waals surface area contributed by atoms with Crippen LogP contribution in [0.15, 0.2) is 48.5 Å². The number of carbonyl (C=O) groups excluding carboxylic acids is 1. The smallest absolute Gasteiger partial charge is 0.224 e. The summed E-state index contributed by atoms with van der Waals surface area (Å²) in [5, 5.41) is 0. The van der Waals surface area contributed by atoms with Crippen LogP contribution >= 0.6 is 0 Å². The number of benzene rings is 2. The van der Waals surface area contributed by atoms with Gasteiger partial charge in [0.05, 0.1) is 13.7 Å². The van der Waals surface area contributed by atoms with Crippen molar-refractivity contribution in [2.75, 3.05) is 12.0 Å². The van der Waals surface area contributed by atoms with Crippen LogP contribution in [0.5, 0.6) is 5.75 Å². The van der Waals surface area contributed by atoms with Crippen molar-refractivity contribution < 1.29 is 9.53 Å². The van der Waals surface area contributed by atoms with Gasteiger partial charge in [0.25, 0.3) is 0 Å². The van der Waals surface area contributed by atoms with Crippen LogP contribution in [0.3, 0.4) is 0 Å². The Kier molecular flexibility index (Phi) is 5.21. The van der Waals surface area contributed by atoms with Gasteiger partial charge in [-0.25, -0.2) is 0 Å². The lowest BCUT2D eigenvalue weighted by Gasteiger charge is -2.23. The molecule has 0 unspecified atom stereocenters. The van der Waals surface area contributed by atoms with Crippen molar-refractivity contribution in [2.24, 2.45) is 0 Å². The lowest BCUT2D eigenvalue weighted by atomic mass is 10.0. The molecular weight excluding hydrogens is 274 g/mol. The van der Waals surface area contributed by atoms with E-state index < -0.39 is 0 Å². The fraction of sp³-hybridized carbons (Fsp3) is 0.316. The molecule has 0 aliphatic heterocycles. The molecule has 0 fully saturated rings. The molecule has 0 saturated heterocycles. The third-order valence-corrected chi connectivity index (χ3v) is 3.71. The molecule has 0 atom stereocenters. The Morgan fingerprint density at radius 3 is 2.36 bits per heavy atom. The van der Waals surface area contributed by atoms with Crippen molar-refractivity contribution >= 4 is 11.6 Å². The van der Waals surface area contributed by atoms with Gasteiger partial charge in [0.15, 0.2) is 0 Å². The number of amides is 1. The molecule has 0 spiro atoms. The molecule has 0 saturated carbocycles. The van der Waals surface area contributed by atoms with E-state index in [1.165, 1.54) is 0 Å². The number of hydrogen-bond acceptors (Lipinski definition) is 2. The first-order valence-corrected chi connectivity index (χ1v) is 7.53. The van der Waals surface area contributed by atoms with Crippen LogP contribution < -0.4 is 9.64 Å². The second-order valence-corrected chi connectivity index (χ2v) is 5.67. The lowest BCUT2D eigenvalue weighted by molar-refractivity contribution is -0.116. The molecule has 0 aliphatic carbocycles. The first-order chi connectivity index (χ1) is 10.5. The van der Waals surface area contributed by atoms with E-state index >= 15 is 0 Å². The van der Waals surface area contributed by atoms with Crippen LogP contribution in [-0.2, 0) is 11.3 Å². The summed E-state index contributed by atoms with van der Waals surface area (Å²) in [5.74, 6) is 1.22. The zero-order valence-corrected chi connectivity index (χ0v) is 13.7. The minimum Gasteiger partial charge on any atom is -0.496 e. The molecule has 116 valence electrons. The average Bonchev–Trinajstić information content (AvgIpc) is 2.52. The molecule has 3 heteroatoms. The average molecular weight is 297 g/mol. The van der Waals surface area contributed by atoms with E-state index in [1.807, 2.05) is 48.5 Å².